The summed E-state index contributed by atoms with van der Waals surface area (Å²) in [5.41, 5.74) is 0.935. The monoisotopic (exact) mass is 297 g/mol. The summed E-state index contributed by atoms with van der Waals surface area (Å²) in [6.07, 6.45) is 3.69. The van der Waals surface area contributed by atoms with Crippen molar-refractivity contribution in [2.24, 2.45) is 11.1 Å². The number of sulfonamides is 1. The number of hydrogen-bond donors (Lipinski definition) is 2. The summed E-state index contributed by atoms with van der Waals surface area (Å²) >= 11 is 0. The van der Waals surface area contributed by atoms with Crippen LogP contribution in [0.2, 0.25) is 0 Å². The van der Waals surface area contributed by atoms with Gasteiger partial charge in [-0.3, -0.25) is 0 Å². The van der Waals surface area contributed by atoms with E-state index in [9.17, 15) is 8.42 Å². The Bertz CT molecular complexity index is 520. The van der Waals surface area contributed by atoms with E-state index in [1.807, 2.05) is 0 Å². The number of piperidine rings is 1. The number of benzene rings is 1. The smallest absolute Gasteiger partial charge is 0.238 e. The molecule has 0 aromatic heterocycles. The van der Waals surface area contributed by atoms with Crippen molar-refractivity contribution in [3.63, 3.8) is 0 Å². The van der Waals surface area contributed by atoms with E-state index in [1.165, 1.54) is 38.1 Å². The van der Waals surface area contributed by atoms with Crippen LogP contribution in [0, 0.1) is 5.92 Å². The Kier molecular flexibility index (Phi) is 5.01. The highest BCUT2D eigenvalue weighted by atomic mass is 32.2. The summed E-state index contributed by atoms with van der Waals surface area (Å²) in [6.45, 7) is 3.30. The number of hydrogen-bond acceptors (Lipinski definition) is 4. The zero-order chi connectivity index (χ0) is 14.6. The molecule has 0 amide bonds. The molecule has 1 fully saturated rings. The van der Waals surface area contributed by atoms with Crippen LogP contribution in [0.3, 0.4) is 0 Å². The summed E-state index contributed by atoms with van der Waals surface area (Å²) in [7, 11) is -1.43. The molecule has 2 rings (SSSR count). The second kappa shape index (κ2) is 6.56. The van der Waals surface area contributed by atoms with Crippen LogP contribution in [0.5, 0.6) is 0 Å². The lowest BCUT2D eigenvalue weighted by Crippen LogP contribution is -2.30. The lowest BCUT2D eigenvalue weighted by atomic mass is 9.94. The molecule has 1 aliphatic rings. The number of nitrogens with two attached hydrogens (primary N) is 1. The second-order valence-corrected chi connectivity index (χ2v) is 7.09. The maximum Gasteiger partial charge on any atom is 0.238 e. The Labute approximate surface area is 121 Å². The van der Waals surface area contributed by atoms with Crippen molar-refractivity contribution >= 4 is 15.7 Å². The van der Waals surface area contributed by atoms with E-state index in [-0.39, 0.29) is 4.90 Å². The Hall–Kier alpha value is -1.11. The van der Waals surface area contributed by atoms with Gasteiger partial charge in [-0.1, -0.05) is 0 Å². The molecule has 0 spiro atoms. The molecule has 0 radical (unpaired) electrons. The lowest BCUT2D eigenvalue weighted by molar-refractivity contribution is 0.215. The van der Waals surface area contributed by atoms with Crippen molar-refractivity contribution in [1.82, 2.24) is 4.90 Å². The Morgan fingerprint density at radius 2 is 1.85 bits per heavy atom. The summed E-state index contributed by atoms with van der Waals surface area (Å²) in [5, 5.41) is 8.40. The maximum absolute atomic E-state index is 11.1. The highest BCUT2D eigenvalue weighted by molar-refractivity contribution is 7.89. The molecule has 1 saturated heterocycles. The van der Waals surface area contributed by atoms with E-state index in [0.29, 0.717) is 0 Å². The van der Waals surface area contributed by atoms with Gasteiger partial charge in [0.1, 0.15) is 0 Å². The van der Waals surface area contributed by atoms with Crippen LogP contribution >= 0.6 is 0 Å². The van der Waals surface area contributed by atoms with Crippen molar-refractivity contribution in [3.8, 4) is 0 Å². The van der Waals surface area contributed by atoms with Crippen molar-refractivity contribution in [2.75, 3.05) is 32.0 Å². The third-order valence-corrected chi connectivity index (χ3v) is 4.83. The molecule has 5 nitrogen and oxygen atoms in total. The Morgan fingerprint density at radius 1 is 1.25 bits per heavy atom. The molecule has 1 heterocycles. The van der Waals surface area contributed by atoms with Crippen LogP contribution < -0.4 is 10.5 Å². The predicted molar refractivity (Wildman–Crippen MR) is 81.1 cm³/mol. The van der Waals surface area contributed by atoms with Gasteiger partial charge < -0.3 is 10.2 Å². The van der Waals surface area contributed by atoms with Crippen molar-refractivity contribution in [1.29, 1.82) is 0 Å². The van der Waals surface area contributed by atoms with Crippen LogP contribution in [0.4, 0.5) is 5.69 Å². The van der Waals surface area contributed by atoms with Gasteiger partial charge in [-0.25, -0.2) is 13.6 Å². The average molecular weight is 297 g/mol. The van der Waals surface area contributed by atoms with Crippen LogP contribution in [-0.2, 0) is 10.0 Å². The quantitative estimate of drug-likeness (QED) is 0.863. The van der Waals surface area contributed by atoms with E-state index in [2.05, 4.69) is 17.3 Å². The standard InChI is InChI=1S/C14H23N3O2S/c1-17-10-7-12(8-11-17)6-9-16-13-2-4-14(5-3-13)20(15,18)19/h2-5,12,16H,6-11H2,1H3,(H2,15,18,19). The van der Waals surface area contributed by atoms with E-state index in [1.54, 1.807) is 12.1 Å². The largest absolute Gasteiger partial charge is 0.385 e. The first-order valence-corrected chi connectivity index (χ1v) is 8.55. The molecule has 20 heavy (non-hydrogen) atoms. The van der Waals surface area contributed by atoms with Gasteiger partial charge in [0.2, 0.25) is 10.0 Å². The molecule has 0 bridgehead atoms. The van der Waals surface area contributed by atoms with Gasteiger partial charge in [-0.15, -0.1) is 0 Å². The van der Waals surface area contributed by atoms with E-state index < -0.39 is 10.0 Å². The number of nitrogens with zero attached hydrogens (tertiary/aromatic N) is 1. The fourth-order valence-corrected chi connectivity index (χ4v) is 3.05. The molecule has 0 unspecified atom stereocenters. The SMILES string of the molecule is CN1CCC(CCNc2ccc(S(N)(=O)=O)cc2)CC1. The van der Waals surface area contributed by atoms with E-state index in [0.717, 1.165) is 24.6 Å². The highest BCUT2D eigenvalue weighted by Crippen LogP contribution is 2.20. The minimum atomic E-state index is -3.59. The third-order valence-electron chi connectivity index (χ3n) is 3.90. The van der Waals surface area contributed by atoms with E-state index in [4.69, 9.17) is 5.14 Å². The molecule has 1 aromatic carbocycles. The van der Waals surface area contributed by atoms with Gasteiger partial charge in [0, 0.05) is 12.2 Å². The lowest BCUT2D eigenvalue weighted by Gasteiger charge is -2.28. The molecular formula is C14H23N3O2S. The van der Waals surface area contributed by atoms with Gasteiger partial charge in [-0.2, -0.15) is 0 Å². The number of primary sulfonamides is 1. The van der Waals surface area contributed by atoms with Crippen molar-refractivity contribution in [2.45, 2.75) is 24.2 Å². The van der Waals surface area contributed by atoms with Crippen molar-refractivity contribution < 1.29 is 8.42 Å². The summed E-state index contributed by atoms with van der Waals surface area (Å²) < 4.78 is 22.3. The molecular weight excluding hydrogens is 274 g/mol. The molecule has 0 aliphatic carbocycles. The van der Waals surface area contributed by atoms with E-state index >= 15 is 0 Å². The minimum absolute atomic E-state index is 0.151. The number of anilines is 1. The molecule has 1 aromatic rings. The van der Waals surface area contributed by atoms with Crippen LogP contribution in [-0.4, -0.2) is 40.0 Å². The van der Waals surface area contributed by atoms with Crippen LogP contribution in [0.15, 0.2) is 29.2 Å². The first-order chi connectivity index (χ1) is 9.45. The molecule has 0 saturated carbocycles. The van der Waals surface area contributed by atoms with Crippen LogP contribution in [0.25, 0.3) is 0 Å². The maximum atomic E-state index is 11.1. The summed E-state index contributed by atoms with van der Waals surface area (Å²) in [5.74, 6) is 0.794. The second-order valence-electron chi connectivity index (χ2n) is 5.53. The van der Waals surface area contributed by atoms with Gasteiger partial charge >= 0.3 is 0 Å². The van der Waals surface area contributed by atoms with Gasteiger partial charge in [0.15, 0.2) is 0 Å². The number of nitrogens with one attached hydrogen (secondary N) is 1. The number of likely N-dealkylation sites (tertiary alicyclic amines) is 1. The van der Waals surface area contributed by atoms with Crippen molar-refractivity contribution in [3.05, 3.63) is 24.3 Å². The summed E-state index contributed by atoms with van der Waals surface area (Å²) in [4.78, 5) is 2.52. The fraction of sp³-hybridized carbons (Fsp3) is 0.571. The molecule has 112 valence electrons. The van der Waals surface area contributed by atoms with Gasteiger partial charge in [0.25, 0.3) is 0 Å². The minimum Gasteiger partial charge on any atom is -0.385 e. The Balaban J connectivity index is 1.77. The fourth-order valence-electron chi connectivity index (χ4n) is 2.53. The van der Waals surface area contributed by atoms with Gasteiger partial charge in [0.05, 0.1) is 4.90 Å². The Morgan fingerprint density at radius 3 is 2.40 bits per heavy atom. The zero-order valence-electron chi connectivity index (χ0n) is 11.9. The predicted octanol–water partition coefficient (Wildman–Crippen LogP) is 1.48. The normalized spacial score (nSPS) is 18.1. The highest BCUT2D eigenvalue weighted by Gasteiger charge is 2.15. The van der Waals surface area contributed by atoms with Crippen LogP contribution in [0.1, 0.15) is 19.3 Å². The molecule has 3 N–H and O–H groups in total. The molecule has 6 heteroatoms. The average Bonchev–Trinajstić information content (AvgIpc) is 2.41. The van der Waals surface area contributed by atoms with Gasteiger partial charge in [-0.05, 0) is 69.6 Å². The number of rotatable bonds is 5. The topological polar surface area (TPSA) is 75.4 Å². The molecule has 1 aliphatic heterocycles. The first kappa shape index (κ1) is 15.3. The molecule has 0 atom stereocenters. The first-order valence-electron chi connectivity index (χ1n) is 7.00. The zero-order valence-corrected chi connectivity index (χ0v) is 12.7. The third kappa shape index (κ3) is 4.47. The summed E-state index contributed by atoms with van der Waals surface area (Å²) in [6, 6.07) is 6.59.